The Bertz CT molecular complexity index is 904. The van der Waals surface area contributed by atoms with Crippen molar-refractivity contribution in [3.8, 4) is 0 Å². The molecule has 1 atom stereocenters. The minimum Gasteiger partial charge on any atom is -0.382 e. The van der Waals surface area contributed by atoms with Gasteiger partial charge in [0, 0.05) is 29.7 Å². The van der Waals surface area contributed by atoms with Crippen LogP contribution in [0.4, 0.5) is 11.6 Å². The van der Waals surface area contributed by atoms with Gasteiger partial charge < -0.3 is 16.4 Å². The molecule has 1 saturated carbocycles. The molecule has 6 nitrogen and oxygen atoms in total. The number of nitrogens with one attached hydrogen (secondary N) is 1. The molecule has 5 N–H and O–H groups in total. The Morgan fingerprint density at radius 1 is 1.29 bits per heavy atom. The molecular weight excluding hydrogens is 372 g/mol. The Kier molecular flexibility index (Phi) is 5.02. The summed E-state index contributed by atoms with van der Waals surface area (Å²) in [5.41, 5.74) is 15.1. The number of halogens is 1. The Morgan fingerprint density at radius 3 is 2.68 bits per heavy atom. The van der Waals surface area contributed by atoms with Gasteiger partial charge in [-0.1, -0.05) is 30.2 Å². The third kappa shape index (κ3) is 3.25. The van der Waals surface area contributed by atoms with Crippen molar-refractivity contribution in [2.75, 3.05) is 23.7 Å². The zero-order valence-electron chi connectivity index (χ0n) is 16.2. The lowest BCUT2D eigenvalue weighted by Crippen LogP contribution is -2.47. The molecule has 0 bridgehead atoms. The molecule has 1 aliphatic carbocycles. The lowest BCUT2D eigenvalue weighted by Gasteiger charge is -2.42. The Hall–Kier alpha value is -2.18. The van der Waals surface area contributed by atoms with Crippen LogP contribution in [0.15, 0.2) is 24.4 Å². The third-order valence-corrected chi connectivity index (χ3v) is 7.03. The molecule has 4 rings (SSSR count). The van der Waals surface area contributed by atoms with E-state index in [0.717, 1.165) is 49.3 Å². The first-order valence-corrected chi connectivity index (χ1v) is 10.3. The van der Waals surface area contributed by atoms with Gasteiger partial charge in [-0.05, 0) is 49.7 Å². The van der Waals surface area contributed by atoms with Crippen LogP contribution in [-0.4, -0.2) is 34.8 Å². The molecule has 1 saturated heterocycles. The lowest BCUT2D eigenvalue weighted by atomic mass is 9.74. The first kappa shape index (κ1) is 19.2. The predicted molar refractivity (Wildman–Crippen MR) is 114 cm³/mol. The van der Waals surface area contributed by atoms with E-state index in [4.69, 9.17) is 28.5 Å². The molecule has 7 heteroatoms. The van der Waals surface area contributed by atoms with E-state index < -0.39 is 0 Å². The molecule has 1 aromatic carbocycles. The van der Waals surface area contributed by atoms with E-state index in [1.54, 1.807) is 6.20 Å². The zero-order chi connectivity index (χ0) is 19.9. The van der Waals surface area contributed by atoms with E-state index in [2.05, 4.69) is 14.9 Å². The highest BCUT2D eigenvalue weighted by Crippen LogP contribution is 2.45. The van der Waals surface area contributed by atoms with Gasteiger partial charge in [-0.2, -0.15) is 0 Å². The van der Waals surface area contributed by atoms with Crippen LogP contribution in [0.1, 0.15) is 48.9 Å². The SMILES string of the molecule is Cc1c(Cl)cccc1C(=N)c1ncc(N2CCC3(CCCC3N)CC2)nc1N. The van der Waals surface area contributed by atoms with Crippen molar-refractivity contribution in [3.63, 3.8) is 0 Å². The van der Waals surface area contributed by atoms with E-state index in [0.29, 0.717) is 22.2 Å². The summed E-state index contributed by atoms with van der Waals surface area (Å²) in [6, 6.07) is 5.82. The largest absolute Gasteiger partial charge is 0.382 e. The molecule has 1 aromatic heterocycles. The standard InChI is InChI=1S/C21H27ClN6/c1-13-14(4-2-5-15(13)22)18(24)19-20(25)27-17(12-26-19)28-10-8-21(9-11-28)7-3-6-16(21)23/h2,4-5,12,16,24H,3,6-11,23H2,1H3,(H2,25,27). The van der Waals surface area contributed by atoms with Crippen molar-refractivity contribution in [2.45, 2.75) is 45.1 Å². The number of benzene rings is 1. The maximum atomic E-state index is 8.53. The molecule has 2 fully saturated rings. The molecule has 148 valence electrons. The minimum atomic E-state index is 0.242. The third-order valence-electron chi connectivity index (χ3n) is 6.62. The molecule has 28 heavy (non-hydrogen) atoms. The van der Waals surface area contributed by atoms with Crippen molar-refractivity contribution in [1.82, 2.24) is 9.97 Å². The van der Waals surface area contributed by atoms with E-state index in [1.165, 1.54) is 12.8 Å². The lowest BCUT2D eigenvalue weighted by molar-refractivity contribution is 0.197. The first-order valence-electron chi connectivity index (χ1n) is 9.89. The molecule has 1 aliphatic heterocycles. The highest BCUT2D eigenvalue weighted by Gasteiger charge is 2.43. The Labute approximate surface area is 170 Å². The molecule has 2 aromatic rings. The number of hydrogen-bond donors (Lipinski definition) is 3. The van der Waals surface area contributed by atoms with Crippen LogP contribution in [0.2, 0.25) is 5.02 Å². The number of hydrogen-bond acceptors (Lipinski definition) is 6. The number of nitrogen functional groups attached to an aromatic ring is 1. The summed E-state index contributed by atoms with van der Waals surface area (Å²) in [7, 11) is 0. The van der Waals surface area contributed by atoms with Crippen molar-refractivity contribution in [2.24, 2.45) is 11.1 Å². The minimum absolute atomic E-state index is 0.242. The smallest absolute Gasteiger partial charge is 0.154 e. The van der Waals surface area contributed by atoms with Crippen molar-refractivity contribution >= 4 is 28.9 Å². The fraction of sp³-hybridized carbons (Fsp3) is 0.476. The number of nitrogens with zero attached hydrogens (tertiary/aromatic N) is 3. The van der Waals surface area contributed by atoms with Crippen LogP contribution >= 0.6 is 11.6 Å². The van der Waals surface area contributed by atoms with E-state index in [-0.39, 0.29) is 11.5 Å². The highest BCUT2D eigenvalue weighted by atomic mass is 35.5. The molecule has 1 spiro atoms. The summed E-state index contributed by atoms with van der Waals surface area (Å²) < 4.78 is 0. The van der Waals surface area contributed by atoms with Crippen LogP contribution in [0.5, 0.6) is 0 Å². The van der Waals surface area contributed by atoms with Gasteiger partial charge in [0.15, 0.2) is 5.82 Å². The Morgan fingerprint density at radius 2 is 2.04 bits per heavy atom. The van der Waals surface area contributed by atoms with Gasteiger partial charge in [0.25, 0.3) is 0 Å². The number of piperidine rings is 1. The normalized spacial score (nSPS) is 21.2. The summed E-state index contributed by atoms with van der Waals surface area (Å²) in [4.78, 5) is 11.3. The van der Waals surface area contributed by atoms with Gasteiger partial charge in [0.1, 0.15) is 11.5 Å². The van der Waals surface area contributed by atoms with Crippen LogP contribution < -0.4 is 16.4 Å². The topological polar surface area (TPSA) is 105 Å². The number of aromatic nitrogens is 2. The summed E-state index contributed by atoms with van der Waals surface area (Å²) in [6.45, 7) is 3.74. The summed E-state index contributed by atoms with van der Waals surface area (Å²) in [5.74, 6) is 1.05. The molecule has 0 radical (unpaired) electrons. The summed E-state index contributed by atoms with van der Waals surface area (Å²) >= 11 is 6.19. The summed E-state index contributed by atoms with van der Waals surface area (Å²) in [5, 5.41) is 9.15. The van der Waals surface area contributed by atoms with Gasteiger partial charge in [-0.25, -0.2) is 9.97 Å². The highest BCUT2D eigenvalue weighted by molar-refractivity contribution is 6.32. The Balaban J connectivity index is 1.52. The van der Waals surface area contributed by atoms with Crippen LogP contribution in [0.25, 0.3) is 0 Å². The van der Waals surface area contributed by atoms with Crippen molar-refractivity contribution in [3.05, 3.63) is 46.2 Å². The number of nitrogens with two attached hydrogens (primary N) is 2. The van der Waals surface area contributed by atoms with Gasteiger partial charge in [0.05, 0.1) is 11.9 Å². The van der Waals surface area contributed by atoms with Crippen LogP contribution in [-0.2, 0) is 0 Å². The fourth-order valence-corrected chi connectivity index (χ4v) is 4.89. The second-order valence-corrected chi connectivity index (χ2v) is 8.50. The number of rotatable bonds is 3. The average Bonchev–Trinajstić information content (AvgIpc) is 3.04. The average molecular weight is 399 g/mol. The second-order valence-electron chi connectivity index (χ2n) is 8.10. The monoisotopic (exact) mass is 398 g/mol. The van der Waals surface area contributed by atoms with Gasteiger partial charge >= 0.3 is 0 Å². The first-order chi connectivity index (χ1) is 13.4. The van der Waals surface area contributed by atoms with Crippen molar-refractivity contribution < 1.29 is 0 Å². The predicted octanol–water partition coefficient (Wildman–Crippen LogP) is 3.53. The molecule has 2 heterocycles. The van der Waals surface area contributed by atoms with Crippen molar-refractivity contribution in [1.29, 1.82) is 5.41 Å². The van der Waals surface area contributed by atoms with Gasteiger partial charge in [-0.15, -0.1) is 0 Å². The molecular formula is C21H27ClN6. The zero-order valence-corrected chi connectivity index (χ0v) is 17.0. The van der Waals surface area contributed by atoms with E-state index in [1.807, 2.05) is 25.1 Å². The number of anilines is 2. The second kappa shape index (κ2) is 7.33. The molecule has 0 amide bonds. The van der Waals surface area contributed by atoms with Gasteiger partial charge in [0.2, 0.25) is 0 Å². The van der Waals surface area contributed by atoms with Crippen LogP contribution in [0, 0.1) is 17.7 Å². The summed E-state index contributed by atoms with van der Waals surface area (Å²) in [6.07, 6.45) is 7.54. The molecule has 1 unspecified atom stereocenters. The molecule has 2 aliphatic rings. The maximum Gasteiger partial charge on any atom is 0.154 e. The fourth-order valence-electron chi connectivity index (χ4n) is 4.71. The van der Waals surface area contributed by atoms with E-state index >= 15 is 0 Å². The quantitative estimate of drug-likeness (QED) is 0.686. The van der Waals surface area contributed by atoms with Gasteiger partial charge in [-0.3, -0.25) is 5.41 Å². The maximum absolute atomic E-state index is 8.53. The van der Waals surface area contributed by atoms with E-state index in [9.17, 15) is 0 Å². The van der Waals surface area contributed by atoms with Crippen LogP contribution in [0.3, 0.4) is 0 Å².